The average Bonchev–Trinajstić information content (AvgIpc) is 2.59. The number of hydrogen-bond acceptors (Lipinski definition) is 3. The monoisotopic (exact) mass is 396 g/mol. The fraction of sp³-hybridized carbons (Fsp3) is 0.222. The second-order valence-corrected chi connectivity index (χ2v) is 6.49. The number of rotatable bonds is 6. The van der Waals surface area contributed by atoms with Crippen LogP contribution in [0.4, 0.5) is 5.69 Å². The van der Waals surface area contributed by atoms with Gasteiger partial charge in [-0.1, -0.05) is 36.5 Å². The van der Waals surface area contributed by atoms with Gasteiger partial charge in [-0.05, 0) is 61.1 Å². The van der Waals surface area contributed by atoms with Gasteiger partial charge in [-0.3, -0.25) is 10.1 Å². The number of carbonyl (C=O) groups excluding carboxylic acids is 1. The zero-order valence-electron chi connectivity index (χ0n) is 13.6. The van der Waals surface area contributed by atoms with Gasteiger partial charge < -0.3 is 10.1 Å². The Morgan fingerprint density at radius 3 is 2.48 bits per heavy atom. The molecule has 7 heteroatoms. The largest absolute Gasteiger partial charge is 0.494 e. The van der Waals surface area contributed by atoms with Gasteiger partial charge in [-0.25, -0.2) is 0 Å². The van der Waals surface area contributed by atoms with Crippen LogP contribution in [0.2, 0.25) is 10.0 Å². The summed E-state index contributed by atoms with van der Waals surface area (Å²) in [4.78, 5) is 12.2. The van der Waals surface area contributed by atoms with E-state index in [2.05, 4.69) is 17.6 Å². The molecular formula is C18H18Cl2N2O2S. The molecule has 0 bridgehead atoms. The summed E-state index contributed by atoms with van der Waals surface area (Å²) in [5.41, 5.74) is 1.13. The van der Waals surface area contributed by atoms with Crippen molar-refractivity contribution in [1.82, 2.24) is 5.32 Å². The second kappa shape index (κ2) is 9.61. The molecule has 0 atom stereocenters. The fourth-order valence-corrected chi connectivity index (χ4v) is 2.46. The van der Waals surface area contributed by atoms with E-state index in [1.165, 1.54) is 0 Å². The van der Waals surface area contributed by atoms with E-state index in [4.69, 9.17) is 40.2 Å². The van der Waals surface area contributed by atoms with E-state index in [-0.39, 0.29) is 11.0 Å². The first-order chi connectivity index (χ1) is 12.0. The minimum atomic E-state index is -0.308. The number of amides is 1. The van der Waals surface area contributed by atoms with E-state index >= 15 is 0 Å². The van der Waals surface area contributed by atoms with Crippen LogP contribution < -0.4 is 15.4 Å². The molecule has 0 radical (unpaired) electrons. The van der Waals surface area contributed by atoms with Crippen LogP contribution >= 0.6 is 35.4 Å². The topological polar surface area (TPSA) is 50.4 Å². The molecule has 4 nitrogen and oxygen atoms in total. The van der Waals surface area contributed by atoms with Crippen LogP contribution in [0.1, 0.15) is 30.1 Å². The Morgan fingerprint density at radius 1 is 1.12 bits per heavy atom. The molecule has 2 N–H and O–H groups in total. The third kappa shape index (κ3) is 6.20. The summed E-state index contributed by atoms with van der Waals surface area (Å²) in [6.45, 7) is 2.77. The molecule has 132 valence electrons. The van der Waals surface area contributed by atoms with Gasteiger partial charge in [-0.15, -0.1) is 0 Å². The molecule has 0 unspecified atom stereocenters. The van der Waals surface area contributed by atoms with E-state index in [0.29, 0.717) is 27.9 Å². The van der Waals surface area contributed by atoms with Crippen LogP contribution in [0.25, 0.3) is 0 Å². The molecule has 0 aliphatic rings. The lowest BCUT2D eigenvalue weighted by Gasteiger charge is -2.11. The number of thiocarbonyl (C=S) groups is 1. The Kier molecular flexibility index (Phi) is 7.50. The highest BCUT2D eigenvalue weighted by Crippen LogP contribution is 2.24. The summed E-state index contributed by atoms with van der Waals surface area (Å²) in [7, 11) is 0. The summed E-state index contributed by atoms with van der Waals surface area (Å²) >= 11 is 16.9. The number of nitrogens with one attached hydrogen (secondary N) is 2. The lowest BCUT2D eigenvalue weighted by Crippen LogP contribution is -2.34. The molecular weight excluding hydrogens is 379 g/mol. The summed E-state index contributed by atoms with van der Waals surface area (Å²) in [5.74, 6) is 0.430. The molecule has 0 saturated carbocycles. The van der Waals surface area contributed by atoms with Gasteiger partial charge >= 0.3 is 0 Å². The highest BCUT2D eigenvalue weighted by Gasteiger charge is 2.09. The van der Waals surface area contributed by atoms with Crippen LogP contribution in [-0.4, -0.2) is 17.6 Å². The minimum Gasteiger partial charge on any atom is -0.494 e. The third-order valence-electron chi connectivity index (χ3n) is 3.29. The number of ether oxygens (including phenoxy) is 1. The maximum Gasteiger partial charge on any atom is 0.257 e. The zero-order chi connectivity index (χ0) is 18.2. The minimum absolute atomic E-state index is 0.173. The maximum absolute atomic E-state index is 12.2. The van der Waals surface area contributed by atoms with Crippen molar-refractivity contribution < 1.29 is 9.53 Å². The standard InChI is InChI=1S/C18H18Cl2N2O2S/c1-2-3-10-24-14-7-4-12(5-8-14)17(23)22-18(25)21-13-6-9-15(19)16(20)11-13/h4-9,11H,2-3,10H2,1H3,(H2,21,22,23,25). The average molecular weight is 397 g/mol. The van der Waals surface area contributed by atoms with Crippen molar-refractivity contribution in [3.8, 4) is 5.75 Å². The zero-order valence-corrected chi connectivity index (χ0v) is 16.0. The lowest BCUT2D eigenvalue weighted by molar-refractivity contribution is 0.0977. The second-order valence-electron chi connectivity index (χ2n) is 5.26. The molecule has 2 aromatic carbocycles. The predicted molar refractivity (Wildman–Crippen MR) is 107 cm³/mol. The SMILES string of the molecule is CCCCOc1ccc(C(=O)NC(=S)Nc2ccc(Cl)c(Cl)c2)cc1. The first kappa shape index (κ1) is 19.5. The van der Waals surface area contributed by atoms with Gasteiger partial charge in [-0.2, -0.15) is 0 Å². The van der Waals surface area contributed by atoms with Gasteiger partial charge in [0.05, 0.1) is 16.7 Å². The van der Waals surface area contributed by atoms with Crippen LogP contribution in [0.5, 0.6) is 5.75 Å². The van der Waals surface area contributed by atoms with E-state index in [1.807, 2.05) is 0 Å². The first-order valence-corrected chi connectivity index (χ1v) is 8.96. The number of unbranched alkanes of at least 4 members (excludes halogenated alkanes) is 1. The quantitative estimate of drug-likeness (QED) is 0.513. The predicted octanol–water partition coefficient (Wildman–Crippen LogP) is 5.30. The van der Waals surface area contributed by atoms with Crippen LogP contribution in [0.3, 0.4) is 0 Å². The molecule has 25 heavy (non-hydrogen) atoms. The van der Waals surface area contributed by atoms with E-state index in [1.54, 1.807) is 42.5 Å². The lowest BCUT2D eigenvalue weighted by atomic mass is 10.2. The van der Waals surface area contributed by atoms with Crippen LogP contribution in [-0.2, 0) is 0 Å². The van der Waals surface area contributed by atoms with Gasteiger partial charge in [0, 0.05) is 11.3 Å². The van der Waals surface area contributed by atoms with Gasteiger partial charge in [0.25, 0.3) is 5.91 Å². The number of hydrogen-bond donors (Lipinski definition) is 2. The highest BCUT2D eigenvalue weighted by molar-refractivity contribution is 7.80. The molecule has 0 aliphatic carbocycles. The molecule has 0 saturated heterocycles. The van der Waals surface area contributed by atoms with Crippen molar-refractivity contribution in [3.63, 3.8) is 0 Å². The molecule has 0 heterocycles. The molecule has 1 amide bonds. The highest BCUT2D eigenvalue weighted by atomic mass is 35.5. The summed E-state index contributed by atoms with van der Waals surface area (Å²) in [5, 5.41) is 6.53. The number of anilines is 1. The van der Waals surface area contributed by atoms with E-state index < -0.39 is 0 Å². The number of halogens is 2. The smallest absolute Gasteiger partial charge is 0.257 e. The van der Waals surface area contributed by atoms with Gasteiger partial charge in [0.1, 0.15) is 5.75 Å². The van der Waals surface area contributed by atoms with E-state index in [0.717, 1.165) is 18.6 Å². The van der Waals surface area contributed by atoms with Gasteiger partial charge in [0.15, 0.2) is 5.11 Å². The molecule has 2 aromatic rings. The third-order valence-corrected chi connectivity index (χ3v) is 4.23. The Labute approximate surface area is 162 Å². The van der Waals surface area contributed by atoms with Crippen LogP contribution in [0, 0.1) is 0 Å². The molecule has 0 fully saturated rings. The van der Waals surface area contributed by atoms with Crippen molar-refractivity contribution in [1.29, 1.82) is 0 Å². The Hall–Kier alpha value is -1.82. The molecule has 0 spiro atoms. The van der Waals surface area contributed by atoms with E-state index in [9.17, 15) is 4.79 Å². The van der Waals surface area contributed by atoms with Crippen molar-refractivity contribution in [2.45, 2.75) is 19.8 Å². The Bertz CT molecular complexity index is 751. The Balaban J connectivity index is 1.89. The maximum atomic E-state index is 12.2. The van der Waals surface area contributed by atoms with Crippen molar-refractivity contribution in [3.05, 3.63) is 58.1 Å². The number of benzene rings is 2. The summed E-state index contributed by atoms with van der Waals surface area (Å²) in [6, 6.07) is 11.9. The molecule has 0 aromatic heterocycles. The first-order valence-electron chi connectivity index (χ1n) is 7.80. The summed E-state index contributed by atoms with van der Waals surface area (Å²) in [6.07, 6.45) is 2.07. The van der Waals surface area contributed by atoms with Crippen molar-refractivity contribution >= 4 is 52.1 Å². The summed E-state index contributed by atoms with van der Waals surface area (Å²) < 4.78 is 5.57. The fourth-order valence-electron chi connectivity index (χ4n) is 1.95. The van der Waals surface area contributed by atoms with Crippen molar-refractivity contribution in [2.75, 3.05) is 11.9 Å². The van der Waals surface area contributed by atoms with Crippen molar-refractivity contribution in [2.24, 2.45) is 0 Å². The van der Waals surface area contributed by atoms with Crippen LogP contribution in [0.15, 0.2) is 42.5 Å². The Morgan fingerprint density at radius 2 is 1.84 bits per heavy atom. The van der Waals surface area contributed by atoms with Gasteiger partial charge in [0.2, 0.25) is 0 Å². The normalized spacial score (nSPS) is 10.2. The number of carbonyl (C=O) groups is 1. The molecule has 0 aliphatic heterocycles. The molecule has 2 rings (SSSR count).